The third-order valence-corrected chi connectivity index (χ3v) is 5.65. The molecule has 0 spiro atoms. The Morgan fingerprint density at radius 3 is 2.71 bits per heavy atom. The summed E-state index contributed by atoms with van der Waals surface area (Å²) in [4.78, 5) is 35.7. The Hall–Kier alpha value is -2.49. The lowest BCUT2D eigenvalue weighted by Gasteiger charge is -2.40. The van der Waals surface area contributed by atoms with E-state index in [2.05, 4.69) is 15.5 Å². The Morgan fingerprint density at radius 1 is 1.26 bits per heavy atom. The van der Waals surface area contributed by atoms with Crippen molar-refractivity contribution in [3.05, 3.63) is 35.9 Å². The van der Waals surface area contributed by atoms with E-state index < -0.39 is 5.54 Å². The number of ether oxygens (including phenoxy) is 1. The third-order valence-electron chi connectivity index (χ3n) is 5.65. The minimum atomic E-state index is -0.531. The Morgan fingerprint density at radius 2 is 2.00 bits per heavy atom. The molecule has 1 aromatic rings. The number of benzene rings is 1. The van der Waals surface area contributed by atoms with Gasteiger partial charge in [0.25, 0.3) is 6.47 Å². The van der Waals surface area contributed by atoms with E-state index in [1.165, 1.54) is 0 Å². The van der Waals surface area contributed by atoms with Gasteiger partial charge in [0.15, 0.2) is 0 Å². The predicted octanol–water partition coefficient (Wildman–Crippen LogP) is 0.516. The van der Waals surface area contributed by atoms with Crippen molar-refractivity contribution < 1.29 is 29.3 Å². The molecule has 2 amide bonds. The highest BCUT2D eigenvalue weighted by Crippen LogP contribution is 2.38. The van der Waals surface area contributed by atoms with Gasteiger partial charge in [-0.3, -0.25) is 19.3 Å². The van der Waals surface area contributed by atoms with Crippen molar-refractivity contribution in [1.82, 2.24) is 15.5 Å². The number of piperidine rings is 1. The number of aliphatic hydroxyl groups is 1. The number of hydrogen-bond donors (Lipinski definition) is 4. The summed E-state index contributed by atoms with van der Waals surface area (Å²) in [5, 5.41) is 21.8. The molecule has 2 saturated heterocycles. The van der Waals surface area contributed by atoms with Crippen LogP contribution in [0.2, 0.25) is 0 Å². The molecule has 2 atom stereocenters. The zero-order valence-electron chi connectivity index (χ0n) is 17.8. The summed E-state index contributed by atoms with van der Waals surface area (Å²) >= 11 is 0. The van der Waals surface area contributed by atoms with Crippen molar-refractivity contribution in [1.29, 1.82) is 0 Å². The summed E-state index contributed by atoms with van der Waals surface area (Å²) in [6, 6.07) is 9.71. The molecule has 2 aliphatic rings. The molecule has 172 valence electrons. The lowest BCUT2D eigenvalue weighted by atomic mass is 9.84. The molecule has 31 heavy (non-hydrogen) atoms. The van der Waals surface area contributed by atoms with Crippen LogP contribution in [0.15, 0.2) is 30.3 Å². The molecule has 9 nitrogen and oxygen atoms in total. The van der Waals surface area contributed by atoms with E-state index in [1.54, 1.807) is 0 Å². The molecule has 0 saturated carbocycles. The molecule has 0 bridgehead atoms. The second-order valence-electron chi connectivity index (χ2n) is 7.82. The van der Waals surface area contributed by atoms with Crippen molar-refractivity contribution in [3.63, 3.8) is 0 Å². The quantitative estimate of drug-likeness (QED) is 0.329. The molecular weight excluding hydrogens is 402 g/mol. The highest BCUT2D eigenvalue weighted by atomic mass is 16.5. The number of fused-ring (bicyclic) bond motifs is 1. The molecular formula is C22H33N3O6. The number of hydrogen-bond acceptors (Lipinski definition) is 6. The van der Waals surface area contributed by atoms with E-state index in [0.29, 0.717) is 32.5 Å². The Labute approximate surface area is 182 Å². The summed E-state index contributed by atoms with van der Waals surface area (Å²) in [6.45, 7) is 2.29. The van der Waals surface area contributed by atoms with Crippen LogP contribution in [0.25, 0.3) is 0 Å². The van der Waals surface area contributed by atoms with Crippen molar-refractivity contribution in [3.8, 4) is 0 Å². The number of carbonyl (C=O) groups excluding carboxylic acids is 2. The van der Waals surface area contributed by atoms with Gasteiger partial charge in [0.1, 0.15) is 12.1 Å². The first kappa shape index (κ1) is 24.8. The summed E-state index contributed by atoms with van der Waals surface area (Å²) in [7, 11) is 0. The van der Waals surface area contributed by atoms with Crippen LogP contribution < -0.4 is 10.6 Å². The van der Waals surface area contributed by atoms with Crippen molar-refractivity contribution in [2.24, 2.45) is 0 Å². The molecule has 2 heterocycles. The van der Waals surface area contributed by atoms with Gasteiger partial charge in [0, 0.05) is 25.7 Å². The van der Waals surface area contributed by atoms with Crippen molar-refractivity contribution in [2.75, 3.05) is 32.8 Å². The van der Waals surface area contributed by atoms with Crippen LogP contribution in [0.5, 0.6) is 0 Å². The van der Waals surface area contributed by atoms with E-state index in [9.17, 15) is 9.59 Å². The average Bonchev–Trinajstić information content (AvgIpc) is 3.14. The normalized spacial score (nSPS) is 22.5. The van der Waals surface area contributed by atoms with Gasteiger partial charge in [-0.15, -0.1) is 0 Å². The van der Waals surface area contributed by atoms with Crippen LogP contribution >= 0.6 is 0 Å². The summed E-state index contributed by atoms with van der Waals surface area (Å²) in [5.74, 6) is -0.116. The lowest BCUT2D eigenvalue weighted by Crippen LogP contribution is -2.57. The maximum Gasteiger partial charge on any atom is 0.290 e. The molecule has 0 unspecified atom stereocenters. The minimum absolute atomic E-state index is 0.0150. The zero-order valence-corrected chi connectivity index (χ0v) is 17.8. The molecule has 0 radical (unpaired) electrons. The summed E-state index contributed by atoms with van der Waals surface area (Å²) in [5.41, 5.74) is 0.503. The zero-order chi connectivity index (χ0) is 22.5. The number of rotatable bonds is 9. The van der Waals surface area contributed by atoms with Gasteiger partial charge in [-0.2, -0.15) is 0 Å². The molecule has 0 aliphatic carbocycles. The second kappa shape index (κ2) is 13.0. The lowest BCUT2D eigenvalue weighted by molar-refractivity contribution is -0.134. The number of aliphatic hydroxyl groups excluding tert-OH is 1. The van der Waals surface area contributed by atoms with Gasteiger partial charge in [0.05, 0.1) is 6.61 Å². The largest absolute Gasteiger partial charge is 0.483 e. The first-order chi connectivity index (χ1) is 15.1. The molecule has 4 N–H and O–H groups in total. The Balaban J connectivity index is 0.00000107. The van der Waals surface area contributed by atoms with E-state index in [1.807, 2.05) is 30.3 Å². The van der Waals surface area contributed by atoms with Crippen molar-refractivity contribution in [2.45, 2.75) is 50.3 Å². The van der Waals surface area contributed by atoms with Gasteiger partial charge < -0.3 is 25.6 Å². The van der Waals surface area contributed by atoms with E-state index in [4.69, 9.17) is 19.7 Å². The van der Waals surface area contributed by atoms with Crippen LogP contribution in [-0.2, 0) is 25.7 Å². The minimum Gasteiger partial charge on any atom is -0.483 e. The fraction of sp³-hybridized carbons (Fsp3) is 0.591. The van der Waals surface area contributed by atoms with Crippen LogP contribution in [0.3, 0.4) is 0 Å². The van der Waals surface area contributed by atoms with Crippen LogP contribution in [0.1, 0.15) is 37.7 Å². The topological polar surface area (TPSA) is 128 Å². The number of nitrogens with one attached hydrogen (secondary N) is 2. The van der Waals surface area contributed by atoms with Gasteiger partial charge in [0.2, 0.25) is 11.8 Å². The predicted molar refractivity (Wildman–Crippen MR) is 114 cm³/mol. The number of nitrogens with zero attached hydrogens (tertiary/aromatic N) is 1. The number of amides is 2. The standard InChI is InChI=1S/C21H31N3O4.CH2O2/c25-12-6-10-22-20(27)21-9-4-5-11-24(21)14-18(13-21)23-19(26)16-28-15-17-7-2-1-3-8-17;2-1-3/h1-3,7-8,18,25H,4-6,9-16H2,(H,22,27)(H,23,26);1H,(H,2,3)/t18-,21-;/m0./s1. The van der Waals surface area contributed by atoms with Gasteiger partial charge in [-0.25, -0.2) is 0 Å². The molecule has 2 fully saturated rings. The van der Waals surface area contributed by atoms with Crippen LogP contribution in [0, 0.1) is 0 Å². The second-order valence-corrected chi connectivity index (χ2v) is 7.82. The monoisotopic (exact) mass is 435 g/mol. The number of carbonyl (C=O) groups is 3. The highest BCUT2D eigenvalue weighted by Gasteiger charge is 2.51. The molecule has 3 rings (SSSR count). The van der Waals surface area contributed by atoms with Crippen LogP contribution in [0.4, 0.5) is 0 Å². The number of carboxylic acid groups (broad SMARTS) is 1. The van der Waals surface area contributed by atoms with Gasteiger partial charge in [-0.05, 0) is 44.2 Å². The first-order valence-corrected chi connectivity index (χ1v) is 10.7. The van der Waals surface area contributed by atoms with Crippen molar-refractivity contribution >= 4 is 18.3 Å². The maximum absolute atomic E-state index is 12.9. The molecule has 2 aliphatic heterocycles. The van der Waals surface area contributed by atoms with E-state index >= 15 is 0 Å². The SMILES string of the molecule is O=C(COCc1ccccc1)N[C@@H]1CN2CCCC[C@@]2(C(=O)NCCCO)C1.O=CO. The van der Waals surface area contributed by atoms with E-state index in [-0.39, 0.29) is 37.5 Å². The molecule has 1 aromatic carbocycles. The van der Waals surface area contributed by atoms with Gasteiger partial charge >= 0.3 is 0 Å². The maximum atomic E-state index is 12.9. The van der Waals surface area contributed by atoms with Crippen LogP contribution in [-0.4, -0.2) is 77.8 Å². The highest BCUT2D eigenvalue weighted by molar-refractivity contribution is 5.87. The van der Waals surface area contributed by atoms with E-state index in [0.717, 1.165) is 31.4 Å². The summed E-state index contributed by atoms with van der Waals surface area (Å²) in [6.07, 6.45) is 4.09. The smallest absolute Gasteiger partial charge is 0.290 e. The average molecular weight is 436 g/mol. The Bertz CT molecular complexity index is 702. The third kappa shape index (κ3) is 7.30. The Kier molecular flexibility index (Phi) is 10.4. The summed E-state index contributed by atoms with van der Waals surface area (Å²) < 4.78 is 5.52. The first-order valence-electron chi connectivity index (χ1n) is 10.7. The molecule has 0 aromatic heterocycles. The fourth-order valence-electron chi connectivity index (χ4n) is 4.32. The fourth-order valence-corrected chi connectivity index (χ4v) is 4.32. The molecule has 9 heteroatoms. The van der Waals surface area contributed by atoms with Gasteiger partial charge in [-0.1, -0.05) is 30.3 Å².